The van der Waals surface area contributed by atoms with Crippen LogP contribution in [-0.2, 0) is 0 Å². The molecule has 0 aliphatic rings. The van der Waals surface area contributed by atoms with Crippen molar-refractivity contribution < 1.29 is 8.78 Å². The van der Waals surface area contributed by atoms with Crippen LogP contribution < -0.4 is 5.32 Å². The first kappa shape index (κ1) is 18.1. The number of anilines is 2. The highest BCUT2D eigenvalue weighted by Gasteiger charge is 2.17. The number of nitrogens with zero attached hydrogens (tertiary/aromatic N) is 5. The molecule has 0 saturated carbocycles. The predicted octanol–water partition coefficient (Wildman–Crippen LogP) is 4.84. The third-order valence-electron chi connectivity index (χ3n) is 4.50. The summed E-state index contributed by atoms with van der Waals surface area (Å²) in [4.78, 5) is 9.21. The zero-order valence-electron chi connectivity index (χ0n) is 16.0. The van der Waals surface area contributed by atoms with Crippen LogP contribution in [0, 0.1) is 25.5 Å². The molecule has 1 N–H and O–H groups in total. The lowest BCUT2D eigenvalue weighted by Gasteiger charge is -2.13. The van der Waals surface area contributed by atoms with Crippen LogP contribution in [0.3, 0.4) is 0 Å². The molecule has 28 heavy (non-hydrogen) atoms. The molecule has 3 heterocycles. The molecule has 144 valence electrons. The number of halogens is 2. The van der Waals surface area contributed by atoms with Crippen LogP contribution >= 0.6 is 0 Å². The summed E-state index contributed by atoms with van der Waals surface area (Å²) in [5.74, 6) is -0.747. The fraction of sp³-hybridized carbons (Fsp3) is 0.250. The lowest BCUT2D eigenvalue weighted by atomic mass is 10.2. The van der Waals surface area contributed by atoms with Gasteiger partial charge in [-0.05, 0) is 45.9 Å². The van der Waals surface area contributed by atoms with Crippen LogP contribution in [0.1, 0.15) is 31.3 Å². The van der Waals surface area contributed by atoms with Gasteiger partial charge in [-0.15, -0.1) is 0 Å². The molecule has 0 bridgehead atoms. The van der Waals surface area contributed by atoms with Gasteiger partial charge in [0, 0.05) is 29.6 Å². The minimum Gasteiger partial charge on any atom is -0.340 e. The van der Waals surface area contributed by atoms with Gasteiger partial charge in [-0.2, -0.15) is 5.10 Å². The van der Waals surface area contributed by atoms with E-state index in [4.69, 9.17) is 0 Å². The second kappa shape index (κ2) is 6.70. The Morgan fingerprint density at radius 2 is 1.82 bits per heavy atom. The summed E-state index contributed by atoms with van der Waals surface area (Å²) >= 11 is 0. The summed E-state index contributed by atoms with van der Waals surface area (Å²) in [6, 6.07) is 7.64. The zero-order valence-corrected chi connectivity index (χ0v) is 16.0. The molecule has 0 atom stereocenters. The first-order chi connectivity index (χ1) is 13.3. The number of pyridine rings is 1. The van der Waals surface area contributed by atoms with Crippen molar-refractivity contribution in [3.8, 4) is 5.82 Å². The molecule has 0 aliphatic carbocycles. The second-order valence-corrected chi connectivity index (χ2v) is 7.04. The summed E-state index contributed by atoms with van der Waals surface area (Å²) in [6.07, 6.45) is 1.77. The quantitative estimate of drug-likeness (QED) is 0.549. The van der Waals surface area contributed by atoms with Gasteiger partial charge >= 0.3 is 0 Å². The highest BCUT2D eigenvalue weighted by molar-refractivity contribution is 5.85. The van der Waals surface area contributed by atoms with Crippen LogP contribution in [0.5, 0.6) is 0 Å². The normalized spacial score (nSPS) is 11.5. The SMILES string of the molecule is Cc1cc(C)n(-c2nc(Nc3ccc(F)c(F)c3)cc3c2ncn3C(C)C)n1. The van der Waals surface area contributed by atoms with E-state index in [0.29, 0.717) is 17.3 Å². The van der Waals surface area contributed by atoms with Crippen LogP contribution in [0.2, 0.25) is 0 Å². The van der Waals surface area contributed by atoms with Crippen LogP contribution in [0.25, 0.3) is 16.9 Å². The van der Waals surface area contributed by atoms with Crippen molar-refractivity contribution >= 4 is 22.5 Å². The number of fused-ring (bicyclic) bond motifs is 1. The van der Waals surface area contributed by atoms with Crippen LogP contribution in [-0.4, -0.2) is 24.3 Å². The van der Waals surface area contributed by atoms with Gasteiger partial charge in [0.1, 0.15) is 11.3 Å². The van der Waals surface area contributed by atoms with Crippen molar-refractivity contribution in [1.82, 2.24) is 24.3 Å². The third-order valence-corrected chi connectivity index (χ3v) is 4.50. The van der Waals surface area contributed by atoms with Crippen molar-refractivity contribution in [3.05, 3.63) is 59.7 Å². The number of nitrogens with one attached hydrogen (secondary N) is 1. The lowest BCUT2D eigenvalue weighted by molar-refractivity contribution is 0.509. The molecular formula is C20H20F2N6. The number of hydrogen-bond donors (Lipinski definition) is 1. The van der Waals surface area contributed by atoms with E-state index in [9.17, 15) is 8.78 Å². The van der Waals surface area contributed by atoms with E-state index >= 15 is 0 Å². The van der Waals surface area contributed by atoms with Gasteiger partial charge in [-0.3, -0.25) is 0 Å². The van der Waals surface area contributed by atoms with Gasteiger partial charge in [-0.25, -0.2) is 23.4 Å². The fourth-order valence-electron chi connectivity index (χ4n) is 3.20. The number of rotatable bonds is 4. The molecule has 0 saturated heterocycles. The second-order valence-electron chi connectivity index (χ2n) is 7.04. The minimum absolute atomic E-state index is 0.192. The Morgan fingerprint density at radius 1 is 1.04 bits per heavy atom. The van der Waals surface area contributed by atoms with Gasteiger partial charge < -0.3 is 9.88 Å². The molecule has 0 amide bonds. The monoisotopic (exact) mass is 382 g/mol. The van der Waals surface area contributed by atoms with E-state index in [1.165, 1.54) is 6.07 Å². The van der Waals surface area contributed by atoms with Crippen molar-refractivity contribution in [2.24, 2.45) is 0 Å². The standard InChI is InChI=1S/C20H20F2N6/c1-11(2)27-10-23-19-17(27)9-18(24-14-5-6-15(21)16(22)8-14)25-20(19)28-13(4)7-12(3)26-28/h5-11H,1-4H3,(H,24,25). The first-order valence-corrected chi connectivity index (χ1v) is 8.97. The topological polar surface area (TPSA) is 60.6 Å². The van der Waals surface area contributed by atoms with Crippen LogP contribution in [0.4, 0.5) is 20.3 Å². The maximum atomic E-state index is 13.6. The van der Waals surface area contributed by atoms with Crippen molar-refractivity contribution in [3.63, 3.8) is 0 Å². The highest BCUT2D eigenvalue weighted by atomic mass is 19.2. The predicted molar refractivity (Wildman–Crippen MR) is 104 cm³/mol. The van der Waals surface area contributed by atoms with E-state index in [1.54, 1.807) is 11.0 Å². The van der Waals surface area contributed by atoms with Gasteiger partial charge in [0.2, 0.25) is 0 Å². The average molecular weight is 382 g/mol. The van der Waals surface area contributed by atoms with E-state index in [0.717, 1.165) is 34.6 Å². The number of hydrogen-bond acceptors (Lipinski definition) is 4. The Kier molecular flexibility index (Phi) is 4.33. The molecule has 0 radical (unpaired) electrons. The Morgan fingerprint density at radius 3 is 2.46 bits per heavy atom. The Bertz CT molecular complexity index is 1180. The van der Waals surface area contributed by atoms with Crippen LogP contribution in [0.15, 0.2) is 36.7 Å². The minimum atomic E-state index is -0.919. The summed E-state index contributed by atoms with van der Waals surface area (Å²) in [5, 5.41) is 7.58. The van der Waals surface area contributed by atoms with Gasteiger partial charge in [0.05, 0.1) is 17.5 Å². The smallest absolute Gasteiger partial charge is 0.183 e. The molecule has 0 spiro atoms. The third kappa shape index (κ3) is 3.11. The van der Waals surface area contributed by atoms with E-state index < -0.39 is 11.6 Å². The number of imidazole rings is 1. The summed E-state index contributed by atoms with van der Waals surface area (Å²) < 4.78 is 30.6. The van der Waals surface area contributed by atoms with Crippen molar-refractivity contribution in [1.29, 1.82) is 0 Å². The highest BCUT2D eigenvalue weighted by Crippen LogP contribution is 2.28. The fourth-order valence-corrected chi connectivity index (χ4v) is 3.20. The maximum absolute atomic E-state index is 13.6. The van der Waals surface area contributed by atoms with Gasteiger partial charge in [0.25, 0.3) is 0 Å². The zero-order chi connectivity index (χ0) is 20.0. The average Bonchev–Trinajstić information content (AvgIpc) is 3.20. The molecule has 6 nitrogen and oxygen atoms in total. The largest absolute Gasteiger partial charge is 0.340 e. The molecule has 4 aromatic rings. The molecule has 8 heteroatoms. The lowest BCUT2D eigenvalue weighted by Crippen LogP contribution is -2.07. The van der Waals surface area contributed by atoms with E-state index in [2.05, 4.69) is 34.2 Å². The molecule has 4 rings (SSSR count). The summed E-state index contributed by atoms with van der Waals surface area (Å²) in [6.45, 7) is 7.99. The van der Waals surface area contributed by atoms with Crippen molar-refractivity contribution in [2.45, 2.75) is 33.7 Å². The van der Waals surface area contributed by atoms with E-state index in [-0.39, 0.29) is 6.04 Å². The number of benzene rings is 1. The van der Waals surface area contributed by atoms with Gasteiger partial charge in [0.15, 0.2) is 17.5 Å². The maximum Gasteiger partial charge on any atom is 0.183 e. The molecule has 1 aromatic carbocycles. The van der Waals surface area contributed by atoms with Gasteiger partial charge in [-0.1, -0.05) is 0 Å². The number of aryl methyl sites for hydroxylation is 2. The molecular weight excluding hydrogens is 362 g/mol. The van der Waals surface area contributed by atoms with E-state index in [1.807, 2.05) is 30.5 Å². The molecule has 3 aromatic heterocycles. The molecule has 0 fully saturated rings. The Hall–Kier alpha value is -3.29. The molecule has 0 aliphatic heterocycles. The van der Waals surface area contributed by atoms with Crippen molar-refractivity contribution in [2.75, 3.05) is 5.32 Å². The first-order valence-electron chi connectivity index (χ1n) is 8.97. The Labute approximate surface area is 160 Å². The Balaban J connectivity index is 1.90. The molecule has 0 unspecified atom stereocenters. The summed E-state index contributed by atoms with van der Waals surface area (Å²) in [7, 11) is 0. The number of aromatic nitrogens is 5. The summed E-state index contributed by atoms with van der Waals surface area (Å²) in [5.41, 5.74) is 3.79.